The van der Waals surface area contributed by atoms with Crippen LogP contribution in [0.15, 0.2) is 35.6 Å². The third-order valence-electron chi connectivity index (χ3n) is 6.55. The molecule has 5 nitrogen and oxygen atoms in total. The molecule has 1 heterocycles. The summed E-state index contributed by atoms with van der Waals surface area (Å²) >= 11 is 0. The van der Waals surface area contributed by atoms with Gasteiger partial charge >= 0.3 is 0 Å². The highest BCUT2D eigenvalue weighted by Crippen LogP contribution is 2.55. The second-order valence-electron chi connectivity index (χ2n) is 8.08. The van der Waals surface area contributed by atoms with E-state index >= 15 is 0 Å². The number of hydrogen-bond acceptors (Lipinski definition) is 4. The number of nitrogens with one attached hydrogen (secondary N) is 1. The Morgan fingerprint density at radius 2 is 2.08 bits per heavy atom. The average molecular weight is 359 g/mol. The van der Waals surface area contributed by atoms with E-state index in [1.807, 2.05) is 26.0 Å². The highest BCUT2D eigenvalue weighted by molar-refractivity contribution is 6.26. The highest BCUT2D eigenvalue weighted by atomic mass is 16.5. The summed E-state index contributed by atoms with van der Waals surface area (Å²) in [5.41, 5.74) is -0.821. The van der Waals surface area contributed by atoms with E-state index in [0.29, 0.717) is 11.8 Å². The van der Waals surface area contributed by atoms with Gasteiger partial charge in [0, 0.05) is 18.4 Å². The molecule has 3 aliphatic rings. The first-order chi connectivity index (χ1) is 12.3. The molecule has 6 atom stereocenters. The summed E-state index contributed by atoms with van der Waals surface area (Å²) in [5.74, 6) is 0.0205. The van der Waals surface area contributed by atoms with Gasteiger partial charge < -0.3 is 15.2 Å². The molecule has 0 bridgehead atoms. The van der Waals surface area contributed by atoms with Gasteiger partial charge in [-0.3, -0.25) is 9.59 Å². The van der Waals surface area contributed by atoms with Gasteiger partial charge in [0.25, 0.3) is 5.91 Å². The van der Waals surface area contributed by atoms with Crippen LogP contribution >= 0.6 is 0 Å². The van der Waals surface area contributed by atoms with E-state index < -0.39 is 23.3 Å². The Balaban J connectivity index is 2.11. The Hall–Kier alpha value is -1.88. The van der Waals surface area contributed by atoms with E-state index in [1.165, 1.54) is 7.11 Å². The number of aliphatic hydroxyl groups is 1. The zero-order chi connectivity index (χ0) is 19.1. The minimum absolute atomic E-state index is 0.0585. The van der Waals surface area contributed by atoms with Gasteiger partial charge in [-0.15, -0.1) is 0 Å². The van der Waals surface area contributed by atoms with Gasteiger partial charge in [0.15, 0.2) is 6.23 Å². The summed E-state index contributed by atoms with van der Waals surface area (Å²) in [6.45, 7) is 6.20. The molecule has 0 aromatic heterocycles. The van der Waals surface area contributed by atoms with Crippen molar-refractivity contribution >= 4 is 11.7 Å². The summed E-state index contributed by atoms with van der Waals surface area (Å²) < 4.78 is 5.03. The van der Waals surface area contributed by atoms with Crippen LogP contribution in [0.1, 0.15) is 40.0 Å². The van der Waals surface area contributed by atoms with Crippen LogP contribution in [-0.2, 0) is 14.3 Å². The summed E-state index contributed by atoms with van der Waals surface area (Å²) in [4.78, 5) is 25.0. The smallest absolute Gasteiger partial charge is 0.260 e. The predicted octanol–water partition coefficient (Wildman–Crippen LogP) is 3.29. The number of aliphatic hydroxyl groups excluding tert-OH is 1. The lowest BCUT2D eigenvalue weighted by Gasteiger charge is -2.50. The molecule has 1 aliphatic heterocycles. The van der Waals surface area contributed by atoms with Gasteiger partial charge in [-0.2, -0.15) is 0 Å². The molecule has 2 aliphatic carbocycles. The quantitative estimate of drug-likeness (QED) is 0.351. The van der Waals surface area contributed by atoms with Gasteiger partial charge in [-0.05, 0) is 37.5 Å². The minimum atomic E-state index is -1.01. The van der Waals surface area contributed by atoms with E-state index in [0.717, 1.165) is 19.3 Å². The Bertz CT molecular complexity index is 692. The van der Waals surface area contributed by atoms with E-state index in [1.54, 1.807) is 0 Å². The van der Waals surface area contributed by atoms with Crippen molar-refractivity contribution in [1.82, 2.24) is 5.32 Å². The van der Waals surface area contributed by atoms with Crippen LogP contribution in [0.2, 0.25) is 0 Å². The second-order valence-corrected chi connectivity index (χ2v) is 8.08. The van der Waals surface area contributed by atoms with Crippen molar-refractivity contribution in [3.8, 4) is 0 Å². The minimum Gasteiger partial charge on any atom is -0.511 e. The standard InChI is InChI=1S/C21H29NO4/c1-5-6-14-9-8-13-11-12(2)7-10-15(13)21(14,3)18(24)16-17(23)20(26-4)22-19(16)25/h5-6,8-9,12-15,20,24H,7,10-11H2,1-4H3,(H,22,25). The SMILES string of the molecule is CC=CC1C=CC2CC(C)CCC2C1(C)C(O)=C1C(=O)NC(OC)C1=O. The van der Waals surface area contributed by atoms with Gasteiger partial charge in [0.2, 0.25) is 5.78 Å². The van der Waals surface area contributed by atoms with Crippen LogP contribution < -0.4 is 5.32 Å². The first kappa shape index (κ1) is 18.9. The molecule has 1 saturated carbocycles. The predicted molar refractivity (Wildman–Crippen MR) is 99.1 cm³/mol. The van der Waals surface area contributed by atoms with Crippen molar-refractivity contribution in [1.29, 1.82) is 0 Å². The van der Waals surface area contributed by atoms with Crippen molar-refractivity contribution in [2.75, 3.05) is 7.11 Å². The number of allylic oxidation sites excluding steroid dienone is 5. The second kappa shape index (κ2) is 7.03. The normalized spacial score (nSPS) is 42.1. The number of carbonyl (C=O) groups excluding carboxylic acids is 2. The lowest BCUT2D eigenvalue weighted by atomic mass is 9.54. The molecule has 3 rings (SSSR count). The number of methoxy groups -OCH3 is 1. The van der Waals surface area contributed by atoms with Crippen LogP contribution in [0.5, 0.6) is 0 Å². The number of rotatable bonds is 3. The molecule has 0 radical (unpaired) electrons. The third-order valence-corrected chi connectivity index (χ3v) is 6.55. The molecular formula is C21H29NO4. The maximum absolute atomic E-state index is 12.6. The van der Waals surface area contributed by atoms with Gasteiger partial charge in [-0.25, -0.2) is 0 Å². The lowest BCUT2D eigenvalue weighted by Crippen LogP contribution is -2.45. The third kappa shape index (κ3) is 2.82. The number of fused-ring (bicyclic) bond motifs is 1. The number of hydrogen-bond donors (Lipinski definition) is 2. The summed E-state index contributed by atoms with van der Waals surface area (Å²) in [6, 6.07) is 0. The van der Waals surface area contributed by atoms with E-state index in [4.69, 9.17) is 4.74 Å². The highest BCUT2D eigenvalue weighted by Gasteiger charge is 2.53. The zero-order valence-electron chi connectivity index (χ0n) is 16.0. The first-order valence-electron chi connectivity index (χ1n) is 9.47. The van der Waals surface area contributed by atoms with Crippen LogP contribution in [-0.4, -0.2) is 30.1 Å². The summed E-state index contributed by atoms with van der Waals surface area (Å²) in [5, 5.41) is 13.8. The molecule has 142 valence electrons. The van der Waals surface area contributed by atoms with Crippen molar-refractivity contribution in [2.24, 2.45) is 29.1 Å². The maximum atomic E-state index is 12.6. The van der Waals surface area contributed by atoms with Gasteiger partial charge in [0.1, 0.15) is 11.3 Å². The molecule has 0 spiro atoms. The molecular weight excluding hydrogens is 330 g/mol. The average Bonchev–Trinajstić information content (AvgIpc) is 2.90. The van der Waals surface area contributed by atoms with Crippen molar-refractivity contribution in [3.63, 3.8) is 0 Å². The van der Waals surface area contributed by atoms with E-state index in [-0.39, 0.29) is 23.2 Å². The molecule has 6 unspecified atom stereocenters. The Kier molecular flexibility index (Phi) is 5.11. The Labute approximate surface area is 155 Å². The van der Waals surface area contributed by atoms with Crippen molar-refractivity contribution in [3.05, 3.63) is 35.6 Å². The van der Waals surface area contributed by atoms with Gasteiger partial charge in [0.05, 0.1) is 0 Å². The number of carbonyl (C=O) groups is 2. The molecule has 0 aromatic carbocycles. The van der Waals surface area contributed by atoms with Crippen LogP contribution in [0.3, 0.4) is 0 Å². The first-order valence-corrected chi connectivity index (χ1v) is 9.47. The van der Waals surface area contributed by atoms with Crippen molar-refractivity contribution < 1.29 is 19.4 Å². The fourth-order valence-electron chi connectivity index (χ4n) is 5.06. The summed E-state index contributed by atoms with van der Waals surface area (Å²) in [7, 11) is 1.37. The number of amides is 1. The molecule has 5 heteroatoms. The zero-order valence-corrected chi connectivity index (χ0v) is 16.0. The van der Waals surface area contributed by atoms with Crippen molar-refractivity contribution in [2.45, 2.75) is 46.3 Å². The lowest BCUT2D eigenvalue weighted by molar-refractivity contribution is -0.124. The molecule has 26 heavy (non-hydrogen) atoms. The monoisotopic (exact) mass is 359 g/mol. The summed E-state index contributed by atoms with van der Waals surface area (Å²) in [6.07, 6.45) is 10.5. The molecule has 2 N–H and O–H groups in total. The largest absolute Gasteiger partial charge is 0.511 e. The fraction of sp³-hybridized carbons (Fsp3) is 0.619. The van der Waals surface area contributed by atoms with Gasteiger partial charge in [-0.1, -0.05) is 44.6 Å². The Morgan fingerprint density at radius 3 is 2.69 bits per heavy atom. The van der Waals surface area contributed by atoms with E-state index in [2.05, 4.69) is 24.4 Å². The van der Waals surface area contributed by atoms with Crippen LogP contribution in [0.25, 0.3) is 0 Å². The Morgan fingerprint density at radius 1 is 1.35 bits per heavy atom. The van der Waals surface area contributed by atoms with Crippen LogP contribution in [0, 0.1) is 29.1 Å². The van der Waals surface area contributed by atoms with Crippen LogP contribution in [0.4, 0.5) is 0 Å². The fourth-order valence-corrected chi connectivity index (χ4v) is 5.06. The number of Topliss-reactive ketones (excluding diaryl/α,β-unsaturated/α-hetero) is 1. The molecule has 1 amide bonds. The maximum Gasteiger partial charge on any atom is 0.260 e. The molecule has 1 saturated heterocycles. The topological polar surface area (TPSA) is 75.6 Å². The molecule has 0 aromatic rings. The van der Waals surface area contributed by atoms with E-state index in [9.17, 15) is 14.7 Å². The number of ether oxygens (including phenoxy) is 1. The molecule has 2 fully saturated rings. The number of ketones is 1.